The van der Waals surface area contributed by atoms with Crippen LogP contribution in [-0.2, 0) is 14.8 Å². The molecule has 0 atom stereocenters. The molecule has 0 unspecified atom stereocenters. The van der Waals surface area contributed by atoms with Gasteiger partial charge in [-0.05, 0) is 59.3 Å². The molecule has 0 spiro atoms. The van der Waals surface area contributed by atoms with E-state index in [9.17, 15) is 8.42 Å². The molecule has 2 rings (SSSR count). The van der Waals surface area contributed by atoms with Crippen molar-refractivity contribution in [3.63, 3.8) is 0 Å². The van der Waals surface area contributed by atoms with Crippen molar-refractivity contribution < 1.29 is 13.2 Å². The SMILES string of the molecule is Cc1cc(Br)c(S(=O)(=O)N(C)CC2CCOCC2)cc1Br. The zero-order valence-electron chi connectivity index (χ0n) is 12.1. The average molecular weight is 441 g/mol. The molecule has 0 aromatic heterocycles. The zero-order chi connectivity index (χ0) is 15.6. The predicted octanol–water partition coefficient (Wildman–Crippen LogP) is 3.57. The lowest BCUT2D eigenvalue weighted by atomic mass is 10.0. The molecule has 0 bridgehead atoms. The molecular weight excluding hydrogens is 422 g/mol. The first-order valence-electron chi connectivity index (χ1n) is 6.82. The summed E-state index contributed by atoms with van der Waals surface area (Å²) in [6.07, 6.45) is 1.83. The third kappa shape index (κ3) is 4.07. The predicted molar refractivity (Wildman–Crippen MR) is 89.9 cm³/mol. The van der Waals surface area contributed by atoms with Crippen molar-refractivity contribution in [3.05, 3.63) is 26.6 Å². The fourth-order valence-electron chi connectivity index (χ4n) is 2.38. The van der Waals surface area contributed by atoms with Gasteiger partial charge in [0.1, 0.15) is 0 Å². The maximum Gasteiger partial charge on any atom is 0.243 e. The van der Waals surface area contributed by atoms with Crippen LogP contribution in [-0.4, -0.2) is 39.5 Å². The summed E-state index contributed by atoms with van der Waals surface area (Å²) in [5, 5.41) is 0. The molecular formula is C14H19Br2NO3S. The monoisotopic (exact) mass is 439 g/mol. The normalized spacial score (nSPS) is 17.4. The van der Waals surface area contributed by atoms with Crippen LogP contribution in [0.25, 0.3) is 0 Å². The van der Waals surface area contributed by atoms with Crippen LogP contribution in [0.4, 0.5) is 0 Å². The maximum atomic E-state index is 12.7. The van der Waals surface area contributed by atoms with Gasteiger partial charge in [-0.3, -0.25) is 0 Å². The molecule has 21 heavy (non-hydrogen) atoms. The van der Waals surface area contributed by atoms with Crippen LogP contribution in [0.5, 0.6) is 0 Å². The molecule has 0 saturated carbocycles. The summed E-state index contributed by atoms with van der Waals surface area (Å²) >= 11 is 6.76. The molecule has 0 radical (unpaired) electrons. The van der Waals surface area contributed by atoms with Gasteiger partial charge in [0.15, 0.2) is 0 Å². The lowest BCUT2D eigenvalue weighted by Crippen LogP contribution is -2.34. The Balaban J connectivity index is 2.22. The molecule has 1 fully saturated rings. The van der Waals surface area contributed by atoms with Crippen molar-refractivity contribution in [3.8, 4) is 0 Å². The largest absolute Gasteiger partial charge is 0.381 e. The molecule has 1 saturated heterocycles. The van der Waals surface area contributed by atoms with E-state index >= 15 is 0 Å². The average Bonchev–Trinajstić information content (AvgIpc) is 2.43. The first-order chi connectivity index (χ1) is 9.82. The summed E-state index contributed by atoms with van der Waals surface area (Å²) in [5.74, 6) is 0.367. The zero-order valence-corrected chi connectivity index (χ0v) is 16.1. The van der Waals surface area contributed by atoms with Crippen LogP contribution < -0.4 is 0 Å². The minimum absolute atomic E-state index is 0.300. The van der Waals surface area contributed by atoms with Gasteiger partial charge in [0.2, 0.25) is 10.0 Å². The molecule has 4 nitrogen and oxygen atoms in total. The van der Waals surface area contributed by atoms with E-state index in [0.29, 0.717) is 21.8 Å². The topological polar surface area (TPSA) is 46.6 Å². The number of hydrogen-bond acceptors (Lipinski definition) is 3. The Bertz CT molecular complexity index is 613. The molecule has 1 aliphatic rings. The highest BCUT2D eigenvalue weighted by Gasteiger charge is 2.27. The van der Waals surface area contributed by atoms with Gasteiger partial charge < -0.3 is 4.74 Å². The molecule has 1 heterocycles. The molecule has 1 aromatic rings. The van der Waals surface area contributed by atoms with Gasteiger partial charge in [0.05, 0.1) is 4.90 Å². The Morgan fingerprint density at radius 2 is 1.86 bits per heavy atom. The van der Waals surface area contributed by atoms with E-state index < -0.39 is 10.0 Å². The summed E-state index contributed by atoms with van der Waals surface area (Å²) < 4.78 is 33.6. The van der Waals surface area contributed by atoms with E-state index in [1.165, 1.54) is 4.31 Å². The lowest BCUT2D eigenvalue weighted by molar-refractivity contribution is 0.0620. The summed E-state index contributed by atoms with van der Waals surface area (Å²) in [6.45, 7) is 3.90. The van der Waals surface area contributed by atoms with Crippen LogP contribution >= 0.6 is 31.9 Å². The standard InChI is InChI=1S/C14H19Br2NO3S/c1-10-7-13(16)14(8-12(10)15)21(18,19)17(2)9-11-3-5-20-6-4-11/h7-8,11H,3-6,9H2,1-2H3. The summed E-state index contributed by atoms with van der Waals surface area (Å²) in [5.41, 5.74) is 0.993. The Labute approximate surface area is 143 Å². The second-order valence-electron chi connectivity index (χ2n) is 5.37. The van der Waals surface area contributed by atoms with Crippen LogP contribution in [0, 0.1) is 12.8 Å². The minimum Gasteiger partial charge on any atom is -0.381 e. The van der Waals surface area contributed by atoms with Gasteiger partial charge in [-0.1, -0.05) is 15.9 Å². The van der Waals surface area contributed by atoms with Crippen molar-refractivity contribution in [1.29, 1.82) is 0 Å². The second-order valence-corrected chi connectivity index (χ2v) is 9.10. The van der Waals surface area contributed by atoms with Gasteiger partial charge in [-0.2, -0.15) is 0 Å². The molecule has 1 aliphatic heterocycles. The number of hydrogen-bond donors (Lipinski definition) is 0. The number of halogens is 2. The fourth-order valence-corrected chi connectivity index (χ4v) is 5.27. The fraction of sp³-hybridized carbons (Fsp3) is 0.571. The van der Waals surface area contributed by atoms with Crippen LogP contribution in [0.1, 0.15) is 18.4 Å². The van der Waals surface area contributed by atoms with Gasteiger partial charge in [0.25, 0.3) is 0 Å². The van der Waals surface area contributed by atoms with E-state index in [4.69, 9.17) is 4.74 Å². The first-order valence-corrected chi connectivity index (χ1v) is 9.84. The summed E-state index contributed by atoms with van der Waals surface area (Å²) in [6, 6.07) is 3.48. The highest BCUT2D eigenvalue weighted by atomic mass is 79.9. The number of sulfonamides is 1. The second kappa shape index (κ2) is 7.08. The maximum absolute atomic E-state index is 12.7. The minimum atomic E-state index is -3.49. The Hall–Kier alpha value is 0.0500. The third-order valence-electron chi connectivity index (χ3n) is 3.76. The number of ether oxygens (including phenoxy) is 1. The Morgan fingerprint density at radius 1 is 1.24 bits per heavy atom. The van der Waals surface area contributed by atoms with Gasteiger partial charge in [-0.25, -0.2) is 12.7 Å². The van der Waals surface area contributed by atoms with E-state index in [1.54, 1.807) is 13.1 Å². The lowest BCUT2D eigenvalue weighted by Gasteiger charge is -2.27. The van der Waals surface area contributed by atoms with E-state index in [0.717, 1.165) is 36.1 Å². The molecule has 118 valence electrons. The van der Waals surface area contributed by atoms with E-state index in [-0.39, 0.29) is 0 Å². The molecule has 1 aromatic carbocycles. The van der Waals surface area contributed by atoms with Crippen LogP contribution in [0.2, 0.25) is 0 Å². The molecule has 7 heteroatoms. The Kier molecular flexibility index (Phi) is 5.87. The molecule has 0 aliphatic carbocycles. The van der Waals surface area contributed by atoms with Crippen LogP contribution in [0.3, 0.4) is 0 Å². The smallest absolute Gasteiger partial charge is 0.243 e. The summed E-state index contributed by atoms with van der Waals surface area (Å²) in [7, 11) is -1.85. The van der Waals surface area contributed by atoms with Gasteiger partial charge in [-0.15, -0.1) is 0 Å². The van der Waals surface area contributed by atoms with Crippen molar-refractivity contribution in [1.82, 2.24) is 4.31 Å². The number of rotatable bonds is 4. The van der Waals surface area contributed by atoms with Crippen molar-refractivity contribution >= 4 is 41.9 Å². The summed E-state index contributed by atoms with van der Waals surface area (Å²) in [4.78, 5) is 0.300. The Morgan fingerprint density at radius 3 is 2.48 bits per heavy atom. The van der Waals surface area contributed by atoms with Gasteiger partial charge in [0, 0.05) is 35.8 Å². The van der Waals surface area contributed by atoms with Crippen molar-refractivity contribution in [2.75, 3.05) is 26.8 Å². The first kappa shape index (κ1) is 17.4. The number of aryl methyl sites for hydroxylation is 1. The van der Waals surface area contributed by atoms with Crippen LogP contribution in [0.15, 0.2) is 26.0 Å². The van der Waals surface area contributed by atoms with E-state index in [1.807, 2.05) is 13.0 Å². The number of benzene rings is 1. The highest BCUT2D eigenvalue weighted by Crippen LogP contribution is 2.31. The molecule has 0 amide bonds. The van der Waals surface area contributed by atoms with Gasteiger partial charge >= 0.3 is 0 Å². The molecule has 0 N–H and O–H groups in total. The number of nitrogens with zero attached hydrogens (tertiary/aromatic N) is 1. The van der Waals surface area contributed by atoms with Crippen molar-refractivity contribution in [2.45, 2.75) is 24.7 Å². The van der Waals surface area contributed by atoms with Crippen molar-refractivity contribution in [2.24, 2.45) is 5.92 Å². The quantitative estimate of drug-likeness (QED) is 0.718. The van der Waals surface area contributed by atoms with E-state index in [2.05, 4.69) is 31.9 Å². The highest BCUT2D eigenvalue weighted by molar-refractivity contribution is 9.11. The third-order valence-corrected chi connectivity index (χ3v) is 7.39.